The van der Waals surface area contributed by atoms with Crippen molar-refractivity contribution in [3.05, 3.63) is 54.3 Å². The number of para-hydroxylation sites is 2. The van der Waals surface area contributed by atoms with E-state index in [1.807, 2.05) is 0 Å². The Hall–Kier alpha value is -2.08. The van der Waals surface area contributed by atoms with E-state index in [-0.39, 0.29) is 5.69 Å². The summed E-state index contributed by atoms with van der Waals surface area (Å²) in [6.07, 6.45) is 0. The number of anilines is 1. The fraction of sp³-hybridized carbons (Fsp3) is 0.0769. The minimum atomic E-state index is -3.98. The molecule has 4 nitrogen and oxygen atoms in total. The molecule has 0 aliphatic carbocycles. The number of hydrogen-bond acceptors (Lipinski definition) is 3. The van der Waals surface area contributed by atoms with Crippen molar-refractivity contribution in [1.29, 1.82) is 0 Å². The highest BCUT2D eigenvalue weighted by Crippen LogP contribution is 2.26. The average Bonchev–Trinajstić information content (AvgIpc) is 2.39. The van der Waals surface area contributed by atoms with Crippen LogP contribution in [0.3, 0.4) is 0 Å². The van der Waals surface area contributed by atoms with Crippen molar-refractivity contribution < 1.29 is 17.5 Å². The number of hydrogen-bond donors (Lipinski definition) is 1. The molecule has 2 aromatic carbocycles. The minimum absolute atomic E-state index is 0.258. The first-order chi connectivity index (χ1) is 9.04. The third-order valence-corrected chi connectivity index (χ3v) is 3.88. The molecule has 0 amide bonds. The summed E-state index contributed by atoms with van der Waals surface area (Å²) in [4.78, 5) is -0.402. The van der Waals surface area contributed by atoms with Crippen LogP contribution >= 0.6 is 0 Å². The summed E-state index contributed by atoms with van der Waals surface area (Å²) in [6.45, 7) is 0. The molecule has 1 N–H and O–H groups in total. The van der Waals surface area contributed by atoms with Gasteiger partial charge in [0.1, 0.15) is 16.5 Å². The van der Waals surface area contributed by atoms with Gasteiger partial charge >= 0.3 is 0 Å². The van der Waals surface area contributed by atoms with Gasteiger partial charge in [0.2, 0.25) is 0 Å². The van der Waals surface area contributed by atoms with E-state index in [2.05, 4.69) is 4.72 Å². The molecule has 100 valence electrons. The van der Waals surface area contributed by atoms with E-state index in [0.717, 1.165) is 6.07 Å². The molecule has 0 aliphatic heterocycles. The Morgan fingerprint density at radius 1 is 1.05 bits per heavy atom. The highest BCUT2D eigenvalue weighted by Gasteiger charge is 2.19. The second kappa shape index (κ2) is 5.27. The molecule has 0 bridgehead atoms. The van der Waals surface area contributed by atoms with Gasteiger partial charge < -0.3 is 4.74 Å². The molecule has 0 aromatic heterocycles. The molecule has 2 rings (SSSR count). The lowest BCUT2D eigenvalue weighted by molar-refractivity contribution is 0.417. The standard InChI is InChI=1S/C13H12FNO3S/c1-18-12-8-4-3-7-11(12)15-19(16,17)13-9-5-2-6-10(13)14/h2-9,15H,1H3. The van der Waals surface area contributed by atoms with Gasteiger partial charge in [-0.15, -0.1) is 0 Å². The van der Waals surface area contributed by atoms with E-state index in [4.69, 9.17) is 4.74 Å². The van der Waals surface area contributed by atoms with Crippen LogP contribution in [0, 0.1) is 5.82 Å². The molecule has 2 aromatic rings. The topological polar surface area (TPSA) is 55.4 Å². The smallest absolute Gasteiger partial charge is 0.264 e. The van der Waals surface area contributed by atoms with E-state index < -0.39 is 20.7 Å². The molecular formula is C13H12FNO3S. The van der Waals surface area contributed by atoms with Crippen molar-refractivity contribution in [3.8, 4) is 5.75 Å². The molecule has 0 fully saturated rings. The first kappa shape index (κ1) is 13.4. The first-order valence-electron chi connectivity index (χ1n) is 5.45. The predicted octanol–water partition coefficient (Wildman–Crippen LogP) is 2.64. The Labute approximate surface area is 110 Å². The summed E-state index contributed by atoms with van der Waals surface area (Å²) in [5, 5.41) is 0. The molecule has 0 saturated carbocycles. The van der Waals surface area contributed by atoms with Crippen LogP contribution in [0.2, 0.25) is 0 Å². The van der Waals surface area contributed by atoms with Crippen molar-refractivity contribution in [2.45, 2.75) is 4.90 Å². The third-order valence-electron chi connectivity index (χ3n) is 2.48. The van der Waals surface area contributed by atoms with E-state index in [9.17, 15) is 12.8 Å². The monoisotopic (exact) mass is 281 g/mol. The lowest BCUT2D eigenvalue weighted by atomic mass is 10.3. The molecule has 0 spiro atoms. The lowest BCUT2D eigenvalue weighted by Crippen LogP contribution is -2.15. The number of methoxy groups -OCH3 is 1. The Balaban J connectivity index is 2.40. The number of halogens is 1. The van der Waals surface area contributed by atoms with Gasteiger partial charge in [0.05, 0.1) is 12.8 Å². The zero-order valence-corrected chi connectivity index (χ0v) is 10.9. The molecule has 6 heteroatoms. The van der Waals surface area contributed by atoms with Crippen LogP contribution in [0.1, 0.15) is 0 Å². The Bertz CT molecular complexity index is 686. The summed E-state index contributed by atoms with van der Waals surface area (Å²) in [5.41, 5.74) is 0.258. The second-order valence-electron chi connectivity index (χ2n) is 3.74. The van der Waals surface area contributed by atoms with Crippen LogP contribution in [-0.4, -0.2) is 15.5 Å². The third kappa shape index (κ3) is 2.85. The molecule has 0 atom stereocenters. The minimum Gasteiger partial charge on any atom is -0.495 e. The van der Waals surface area contributed by atoms with Gasteiger partial charge in [0.15, 0.2) is 0 Å². The molecule has 0 unspecified atom stereocenters. The highest BCUT2D eigenvalue weighted by atomic mass is 32.2. The summed E-state index contributed by atoms with van der Waals surface area (Å²) in [7, 11) is -2.55. The van der Waals surface area contributed by atoms with Crippen molar-refractivity contribution in [2.24, 2.45) is 0 Å². The van der Waals surface area contributed by atoms with E-state index in [0.29, 0.717) is 5.75 Å². The fourth-order valence-electron chi connectivity index (χ4n) is 1.59. The maximum absolute atomic E-state index is 13.5. The molecule has 0 aliphatic rings. The number of benzene rings is 2. The van der Waals surface area contributed by atoms with Crippen LogP contribution in [0.5, 0.6) is 5.75 Å². The second-order valence-corrected chi connectivity index (χ2v) is 5.39. The van der Waals surface area contributed by atoms with Crippen LogP contribution in [-0.2, 0) is 10.0 Å². The number of rotatable bonds is 4. The Kier molecular flexibility index (Phi) is 3.71. The number of sulfonamides is 1. The molecule has 0 saturated heterocycles. The van der Waals surface area contributed by atoms with Crippen LogP contribution in [0.4, 0.5) is 10.1 Å². The normalized spacial score (nSPS) is 11.1. The zero-order valence-electron chi connectivity index (χ0n) is 10.1. The Morgan fingerprint density at radius 2 is 1.68 bits per heavy atom. The van der Waals surface area contributed by atoms with E-state index >= 15 is 0 Å². The van der Waals surface area contributed by atoms with Crippen molar-refractivity contribution >= 4 is 15.7 Å². The fourth-order valence-corrected chi connectivity index (χ4v) is 2.74. The molecule has 0 radical (unpaired) electrons. The van der Waals surface area contributed by atoms with Gasteiger partial charge in [0.25, 0.3) is 10.0 Å². The SMILES string of the molecule is COc1ccccc1NS(=O)(=O)c1ccccc1F. The van der Waals surface area contributed by atoms with Gasteiger partial charge in [-0.3, -0.25) is 4.72 Å². The van der Waals surface area contributed by atoms with E-state index in [1.54, 1.807) is 18.2 Å². The molecular weight excluding hydrogens is 269 g/mol. The van der Waals surface area contributed by atoms with Crippen LogP contribution in [0.25, 0.3) is 0 Å². The van der Waals surface area contributed by atoms with Crippen LogP contribution in [0.15, 0.2) is 53.4 Å². The number of nitrogens with one attached hydrogen (secondary N) is 1. The number of ether oxygens (including phenoxy) is 1. The predicted molar refractivity (Wildman–Crippen MR) is 70.2 cm³/mol. The van der Waals surface area contributed by atoms with Gasteiger partial charge in [-0.1, -0.05) is 24.3 Å². The van der Waals surface area contributed by atoms with E-state index in [1.165, 1.54) is 31.4 Å². The maximum atomic E-state index is 13.5. The first-order valence-corrected chi connectivity index (χ1v) is 6.93. The highest BCUT2D eigenvalue weighted by molar-refractivity contribution is 7.92. The molecule has 19 heavy (non-hydrogen) atoms. The summed E-state index contributed by atoms with van der Waals surface area (Å²) in [5.74, 6) is -0.438. The quantitative estimate of drug-likeness (QED) is 0.937. The average molecular weight is 281 g/mol. The molecule has 0 heterocycles. The van der Waals surface area contributed by atoms with Crippen LogP contribution < -0.4 is 9.46 Å². The Morgan fingerprint density at radius 3 is 2.37 bits per heavy atom. The van der Waals surface area contributed by atoms with Gasteiger partial charge in [-0.2, -0.15) is 0 Å². The lowest BCUT2D eigenvalue weighted by Gasteiger charge is -2.11. The van der Waals surface area contributed by atoms with Gasteiger partial charge in [-0.05, 0) is 24.3 Å². The zero-order chi connectivity index (χ0) is 13.9. The van der Waals surface area contributed by atoms with Gasteiger partial charge in [-0.25, -0.2) is 12.8 Å². The van der Waals surface area contributed by atoms with Crippen molar-refractivity contribution in [3.63, 3.8) is 0 Å². The summed E-state index contributed by atoms with van der Waals surface area (Å²) < 4.78 is 45.0. The largest absolute Gasteiger partial charge is 0.495 e. The summed E-state index contributed by atoms with van der Waals surface area (Å²) in [6, 6.07) is 11.7. The van der Waals surface area contributed by atoms with Crippen molar-refractivity contribution in [2.75, 3.05) is 11.8 Å². The van der Waals surface area contributed by atoms with Crippen molar-refractivity contribution in [1.82, 2.24) is 0 Å². The maximum Gasteiger partial charge on any atom is 0.264 e. The van der Waals surface area contributed by atoms with Gasteiger partial charge in [0, 0.05) is 0 Å². The summed E-state index contributed by atoms with van der Waals surface area (Å²) >= 11 is 0.